The molecule has 0 spiro atoms. The third-order valence-corrected chi connectivity index (χ3v) is 1.58. The highest BCUT2D eigenvalue weighted by Crippen LogP contribution is 2.15. The third-order valence-electron chi connectivity index (χ3n) is 1.58. The zero-order valence-corrected chi connectivity index (χ0v) is 7.82. The van der Waals surface area contributed by atoms with Crippen molar-refractivity contribution in [3.63, 3.8) is 0 Å². The number of benzene rings is 1. The molecule has 13 heavy (non-hydrogen) atoms. The molecule has 3 heteroatoms. The first-order valence-corrected chi connectivity index (χ1v) is 4.19. The molecule has 0 atom stereocenters. The topological polar surface area (TPSA) is 41.8 Å². The Balaban J connectivity index is 2.81. The van der Waals surface area contributed by atoms with Crippen molar-refractivity contribution in [1.29, 1.82) is 0 Å². The average Bonchev–Trinajstić information content (AvgIpc) is 2.11. The van der Waals surface area contributed by atoms with Crippen LogP contribution in [-0.4, -0.2) is 17.9 Å². The smallest absolute Gasteiger partial charge is 0.124 e. The van der Waals surface area contributed by atoms with Crippen molar-refractivity contribution >= 4 is 6.21 Å². The van der Waals surface area contributed by atoms with Crippen molar-refractivity contribution in [3.05, 3.63) is 29.3 Å². The second-order valence-corrected chi connectivity index (χ2v) is 2.71. The fourth-order valence-electron chi connectivity index (χ4n) is 0.946. The third kappa shape index (κ3) is 2.78. The van der Waals surface area contributed by atoms with Gasteiger partial charge in [-0.2, -0.15) is 0 Å². The minimum atomic E-state index is 0.217. The number of aryl methyl sites for hydroxylation is 1. The van der Waals surface area contributed by atoms with E-state index in [0.29, 0.717) is 12.2 Å². The maximum Gasteiger partial charge on any atom is 0.124 e. The number of aromatic hydroxyl groups is 1. The lowest BCUT2D eigenvalue weighted by Gasteiger charge is -1.99. The van der Waals surface area contributed by atoms with Crippen LogP contribution in [0.4, 0.5) is 0 Å². The lowest BCUT2D eigenvalue weighted by Crippen LogP contribution is -1.86. The maximum atomic E-state index is 9.39. The zero-order valence-electron chi connectivity index (χ0n) is 7.82. The van der Waals surface area contributed by atoms with E-state index < -0.39 is 0 Å². The molecule has 0 fully saturated rings. The Hall–Kier alpha value is -1.51. The molecule has 1 rings (SSSR count). The molecule has 0 bridgehead atoms. The van der Waals surface area contributed by atoms with E-state index >= 15 is 0 Å². The SMILES string of the molecule is CCON=Cc1cc(C)ccc1O. The Morgan fingerprint density at radius 2 is 2.31 bits per heavy atom. The summed E-state index contributed by atoms with van der Waals surface area (Å²) in [6.45, 7) is 4.34. The molecular weight excluding hydrogens is 166 g/mol. The first-order chi connectivity index (χ1) is 6.24. The summed E-state index contributed by atoms with van der Waals surface area (Å²) in [5.41, 5.74) is 1.75. The van der Waals surface area contributed by atoms with Crippen LogP contribution in [0.15, 0.2) is 23.4 Å². The van der Waals surface area contributed by atoms with Gasteiger partial charge in [-0.1, -0.05) is 16.8 Å². The predicted molar refractivity (Wildman–Crippen MR) is 52.1 cm³/mol. The normalized spacial score (nSPS) is 10.6. The molecule has 1 aromatic carbocycles. The number of nitrogens with zero attached hydrogens (tertiary/aromatic N) is 1. The number of phenolic OH excluding ortho intramolecular Hbond substituents is 1. The van der Waals surface area contributed by atoms with Gasteiger partial charge in [-0.05, 0) is 26.0 Å². The van der Waals surface area contributed by atoms with Gasteiger partial charge in [0, 0.05) is 5.56 Å². The first kappa shape index (κ1) is 9.58. The van der Waals surface area contributed by atoms with Crippen LogP contribution in [0.1, 0.15) is 18.1 Å². The summed E-state index contributed by atoms with van der Waals surface area (Å²) < 4.78 is 0. The lowest BCUT2D eigenvalue weighted by atomic mass is 10.1. The largest absolute Gasteiger partial charge is 0.507 e. The fourth-order valence-corrected chi connectivity index (χ4v) is 0.946. The number of phenols is 1. The van der Waals surface area contributed by atoms with E-state index in [4.69, 9.17) is 4.84 Å². The minimum absolute atomic E-state index is 0.217. The van der Waals surface area contributed by atoms with Crippen LogP contribution in [0.25, 0.3) is 0 Å². The molecule has 3 nitrogen and oxygen atoms in total. The minimum Gasteiger partial charge on any atom is -0.507 e. The van der Waals surface area contributed by atoms with Crippen LogP contribution in [0.2, 0.25) is 0 Å². The second-order valence-electron chi connectivity index (χ2n) is 2.71. The Kier molecular flexibility index (Phi) is 3.31. The van der Waals surface area contributed by atoms with Crippen LogP contribution in [0.5, 0.6) is 5.75 Å². The van der Waals surface area contributed by atoms with Gasteiger partial charge in [0.15, 0.2) is 0 Å². The molecular formula is C10H13NO2. The van der Waals surface area contributed by atoms with Gasteiger partial charge in [0.1, 0.15) is 12.4 Å². The van der Waals surface area contributed by atoms with Crippen LogP contribution < -0.4 is 0 Å². The van der Waals surface area contributed by atoms with Crippen molar-refractivity contribution in [2.24, 2.45) is 5.16 Å². The molecule has 0 saturated carbocycles. The molecule has 0 aliphatic heterocycles. The maximum absolute atomic E-state index is 9.39. The van der Waals surface area contributed by atoms with Gasteiger partial charge in [0.25, 0.3) is 0 Å². The van der Waals surface area contributed by atoms with Crippen molar-refractivity contribution in [1.82, 2.24) is 0 Å². The summed E-state index contributed by atoms with van der Waals surface area (Å²) in [6.07, 6.45) is 1.51. The molecule has 0 aliphatic carbocycles. The molecule has 0 radical (unpaired) electrons. The van der Waals surface area contributed by atoms with E-state index in [1.165, 1.54) is 6.21 Å². The molecule has 0 saturated heterocycles. The highest BCUT2D eigenvalue weighted by molar-refractivity contribution is 5.83. The Bertz CT molecular complexity index is 308. The van der Waals surface area contributed by atoms with E-state index in [9.17, 15) is 5.11 Å². The summed E-state index contributed by atoms with van der Waals surface area (Å²) >= 11 is 0. The quantitative estimate of drug-likeness (QED) is 0.570. The first-order valence-electron chi connectivity index (χ1n) is 4.19. The van der Waals surface area contributed by atoms with Gasteiger partial charge < -0.3 is 9.94 Å². The van der Waals surface area contributed by atoms with E-state index in [-0.39, 0.29) is 5.75 Å². The zero-order chi connectivity index (χ0) is 9.68. The summed E-state index contributed by atoms with van der Waals surface area (Å²) in [7, 11) is 0. The standard InChI is InChI=1S/C10H13NO2/c1-3-13-11-7-9-6-8(2)4-5-10(9)12/h4-7,12H,3H2,1-2H3. The highest BCUT2D eigenvalue weighted by Gasteiger charge is 1.97. The van der Waals surface area contributed by atoms with Crippen molar-refractivity contribution < 1.29 is 9.94 Å². The summed E-state index contributed by atoms with van der Waals surface area (Å²) in [4.78, 5) is 4.79. The average molecular weight is 179 g/mol. The molecule has 0 heterocycles. The fraction of sp³-hybridized carbons (Fsp3) is 0.300. The monoisotopic (exact) mass is 179 g/mol. The van der Waals surface area contributed by atoms with E-state index in [2.05, 4.69) is 5.16 Å². The number of hydrogen-bond acceptors (Lipinski definition) is 3. The Morgan fingerprint density at radius 3 is 3.00 bits per heavy atom. The Labute approximate surface area is 77.6 Å². The van der Waals surface area contributed by atoms with Crippen molar-refractivity contribution in [2.45, 2.75) is 13.8 Å². The Morgan fingerprint density at radius 1 is 1.54 bits per heavy atom. The summed E-state index contributed by atoms with van der Waals surface area (Å²) in [5, 5.41) is 13.1. The number of oxime groups is 1. The summed E-state index contributed by atoms with van der Waals surface area (Å²) in [5.74, 6) is 0.217. The van der Waals surface area contributed by atoms with Gasteiger partial charge in [0.2, 0.25) is 0 Å². The number of hydrogen-bond donors (Lipinski definition) is 1. The molecule has 0 amide bonds. The predicted octanol–water partition coefficient (Wildman–Crippen LogP) is 2.07. The number of rotatable bonds is 3. The van der Waals surface area contributed by atoms with E-state index in [1.807, 2.05) is 26.0 Å². The van der Waals surface area contributed by atoms with E-state index in [1.54, 1.807) is 6.07 Å². The van der Waals surface area contributed by atoms with Crippen LogP contribution in [-0.2, 0) is 4.84 Å². The molecule has 1 N–H and O–H groups in total. The van der Waals surface area contributed by atoms with Gasteiger partial charge >= 0.3 is 0 Å². The molecule has 70 valence electrons. The summed E-state index contributed by atoms with van der Waals surface area (Å²) in [6, 6.07) is 5.33. The van der Waals surface area contributed by atoms with E-state index in [0.717, 1.165) is 5.56 Å². The van der Waals surface area contributed by atoms with Crippen LogP contribution in [0, 0.1) is 6.92 Å². The second kappa shape index (κ2) is 4.50. The van der Waals surface area contributed by atoms with Crippen LogP contribution in [0.3, 0.4) is 0 Å². The van der Waals surface area contributed by atoms with Gasteiger partial charge in [0.05, 0.1) is 6.21 Å². The van der Waals surface area contributed by atoms with Crippen LogP contribution >= 0.6 is 0 Å². The molecule has 0 aliphatic rings. The molecule has 0 unspecified atom stereocenters. The van der Waals surface area contributed by atoms with Gasteiger partial charge in [-0.15, -0.1) is 0 Å². The van der Waals surface area contributed by atoms with Crippen molar-refractivity contribution in [2.75, 3.05) is 6.61 Å². The highest BCUT2D eigenvalue weighted by atomic mass is 16.6. The molecule has 0 aromatic heterocycles. The van der Waals surface area contributed by atoms with Crippen molar-refractivity contribution in [3.8, 4) is 5.75 Å². The lowest BCUT2D eigenvalue weighted by molar-refractivity contribution is 0.160. The van der Waals surface area contributed by atoms with Gasteiger partial charge in [-0.3, -0.25) is 0 Å². The molecule has 1 aromatic rings. The van der Waals surface area contributed by atoms with Gasteiger partial charge in [-0.25, -0.2) is 0 Å².